The summed E-state index contributed by atoms with van der Waals surface area (Å²) in [6.07, 6.45) is 1.62. The van der Waals surface area contributed by atoms with Gasteiger partial charge >= 0.3 is 0 Å². The molecular formula is C15H18N2OS. The topological polar surface area (TPSA) is 56.0 Å². The first-order chi connectivity index (χ1) is 9.08. The number of aromatic nitrogens is 1. The molecule has 1 aromatic heterocycles. The molecular weight excluding hydrogens is 256 g/mol. The number of anilines is 1. The summed E-state index contributed by atoms with van der Waals surface area (Å²) in [5.41, 5.74) is 8.59. The summed E-state index contributed by atoms with van der Waals surface area (Å²) in [5, 5.41) is 0.468. The van der Waals surface area contributed by atoms with Crippen LogP contribution in [0.5, 0.6) is 0 Å². The van der Waals surface area contributed by atoms with E-state index in [0.717, 1.165) is 5.56 Å². The van der Waals surface area contributed by atoms with Crippen molar-refractivity contribution in [3.8, 4) is 0 Å². The highest BCUT2D eigenvalue weighted by Gasteiger charge is 2.10. The quantitative estimate of drug-likeness (QED) is 0.932. The minimum Gasteiger partial charge on any atom is -0.396 e. The molecule has 0 aliphatic heterocycles. The molecule has 0 bridgehead atoms. The summed E-state index contributed by atoms with van der Waals surface area (Å²) in [6.45, 7) is 4.31. The van der Waals surface area contributed by atoms with Gasteiger partial charge in [0.2, 0.25) is 0 Å². The van der Waals surface area contributed by atoms with Crippen molar-refractivity contribution < 1.29 is 4.21 Å². The molecule has 3 nitrogen and oxygen atoms in total. The van der Waals surface area contributed by atoms with Crippen LogP contribution in [-0.4, -0.2) is 9.19 Å². The third-order valence-electron chi connectivity index (χ3n) is 2.96. The normalized spacial score (nSPS) is 12.6. The Labute approximate surface area is 116 Å². The molecule has 19 heavy (non-hydrogen) atoms. The van der Waals surface area contributed by atoms with Crippen LogP contribution >= 0.6 is 0 Å². The third kappa shape index (κ3) is 3.41. The van der Waals surface area contributed by atoms with Crippen molar-refractivity contribution in [2.45, 2.75) is 30.5 Å². The standard InChI is InChI=1S/C15H18N2OS/c1-11(2)13-7-5-12(6-8-13)10-19(18)15-14(16)4-3-9-17-15/h3-9,11H,10,16H2,1-2H3. The molecule has 0 fully saturated rings. The Kier molecular flexibility index (Phi) is 4.32. The van der Waals surface area contributed by atoms with Gasteiger partial charge in [0.25, 0.3) is 0 Å². The lowest BCUT2D eigenvalue weighted by molar-refractivity contribution is 0.680. The van der Waals surface area contributed by atoms with E-state index < -0.39 is 10.8 Å². The Balaban J connectivity index is 2.13. The lowest BCUT2D eigenvalue weighted by Gasteiger charge is -2.07. The Morgan fingerprint density at radius 2 is 1.89 bits per heavy atom. The summed E-state index contributed by atoms with van der Waals surface area (Å²) in [5.74, 6) is 0.950. The van der Waals surface area contributed by atoms with Crippen LogP contribution in [0.25, 0.3) is 0 Å². The minimum absolute atomic E-state index is 0.444. The second kappa shape index (κ2) is 5.97. The number of nitrogens with zero attached hydrogens (tertiary/aromatic N) is 1. The first kappa shape index (κ1) is 13.7. The van der Waals surface area contributed by atoms with Gasteiger partial charge in [-0.05, 0) is 29.2 Å². The van der Waals surface area contributed by atoms with Gasteiger partial charge in [-0.2, -0.15) is 0 Å². The van der Waals surface area contributed by atoms with Crippen LogP contribution in [-0.2, 0) is 16.6 Å². The van der Waals surface area contributed by atoms with E-state index in [4.69, 9.17) is 5.73 Å². The van der Waals surface area contributed by atoms with Crippen LogP contribution in [0.3, 0.4) is 0 Å². The van der Waals surface area contributed by atoms with Gasteiger partial charge in [-0.3, -0.25) is 4.21 Å². The number of rotatable bonds is 4. The fraction of sp³-hybridized carbons (Fsp3) is 0.267. The summed E-state index contributed by atoms with van der Waals surface area (Å²) in [4.78, 5) is 4.09. The Morgan fingerprint density at radius 1 is 1.21 bits per heavy atom. The number of benzene rings is 1. The zero-order valence-corrected chi connectivity index (χ0v) is 12.0. The lowest BCUT2D eigenvalue weighted by atomic mass is 10.0. The number of nitrogens with two attached hydrogens (primary N) is 1. The zero-order valence-electron chi connectivity index (χ0n) is 11.2. The second-order valence-electron chi connectivity index (χ2n) is 4.78. The van der Waals surface area contributed by atoms with Crippen molar-refractivity contribution in [2.24, 2.45) is 0 Å². The van der Waals surface area contributed by atoms with Crippen molar-refractivity contribution >= 4 is 16.5 Å². The van der Waals surface area contributed by atoms with Crippen LogP contribution in [0, 0.1) is 0 Å². The molecule has 2 rings (SSSR count). The molecule has 0 aliphatic rings. The van der Waals surface area contributed by atoms with Crippen molar-refractivity contribution in [3.63, 3.8) is 0 Å². The van der Waals surface area contributed by atoms with Gasteiger partial charge < -0.3 is 5.73 Å². The van der Waals surface area contributed by atoms with Gasteiger partial charge in [-0.25, -0.2) is 4.98 Å². The van der Waals surface area contributed by atoms with E-state index in [1.54, 1.807) is 18.3 Å². The summed E-state index contributed by atoms with van der Waals surface area (Å²) < 4.78 is 12.2. The van der Waals surface area contributed by atoms with Crippen molar-refractivity contribution in [3.05, 3.63) is 53.7 Å². The molecule has 1 unspecified atom stereocenters. The van der Waals surface area contributed by atoms with E-state index in [0.29, 0.717) is 22.4 Å². The highest BCUT2D eigenvalue weighted by Crippen LogP contribution is 2.18. The molecule has 0 amide bonds. The summed E-state index contributed by atoms with van der Waals surface area (Å²) in [6, 6.07) is 11.7. The molecule has 2 N–H and O–H groups in total. The van der Waals surface area contributed by atoms with E-state index in [1.807, 2.05) is 12.1 Å². The maximum absolute atomic E-state index is 12.2. The average molecular weight is 274 g/mol. The second-order valence-corrected chi connectivity index (χ2v) is 6.15. The first-order valence-corrected chi connectivity index (χ1v) is 7.57. The highest BCUT2D eigenvalue weighted by molar-refractivity contribution is 7.84. The fourth-order valence-electron chi connectivity index (χ4n) is 1.81. The van der Waals surface area contributed by atoms with Gasteiger partial charge in [0.15, 0.2) is 0 Å². The van der Waals surface area contributed by atoms with Gasteiger partial charge in [-0.1, -0.05) is 38.1 Å². The van der Waals surface area contributed by atoms with E-state index in [9.17, 15) is 4.21 Å². The molecule has 100 valence electrons. The Morgan fingerprint density at radius 3 is 2.47 bits per heavy atom. The van der Waals surface area contributed by atoms with Crippen LogP contribution in [0.15, 0.2) is 47.6 Å². The number of hydrogen-bond acceptors (Lipinski definition) is 3. The molecule has 0 spiro atoms. The predicted octanol–water partition coefficient (Wildman–Crippen LogP) is 3.10. The molecule has 1 aromatic carbocycles. The van der Waals surface area contributed by atoms with Crippen LogP contribution in [0.1, 0.15) is 30.9 Å². The van der Waals surface area contributed by atoms with E-state index in [2.05, 4.69) is 31.0 Å². The van der Waals surface area contributed by atoms with Gasteiger partial charge in [0.05, 0.1) is 22.2 Å². The van der Waals surface area contributed by atoms with Crippen LogP contribution in [0.4, 0.5) is 5.69 Å². The molecule has 4 heteroatoms. The average Bonchev–Trinajstić information content (AvgIpc) is 2.39. The molecule has 1 heterocycles. The molecule has 0 saturated carbocycles. The summed E-state index contributed by atoms with van der Waals surface area (Å²) >= 11 is 0. The highest BCUT2D eigenvalue weighted by atomic mass is 32.2. The lowest BCUT2D eigenvalue weighted by Crippen LogP contribution is -2.03. The molecule has 2 aromatic rings. The zero-order chi connectivity index (χ0) is 13.8. The van der Waals surface area contributed by atoms with Crippen LogP contribution < -0.4 is 5.73 Å². The maximum atomic E-state index is 12.2. The fourth-order valence-corrected chi connectivity index (χ4v) is 2.95. The Bertz CT molecular complexity index is 579. The number of nitrogen functional groups attached to an aromatic ring is 1. The van der Waals surface area contributed by atoms with E-state index >= 15 is 0 Å². The first-order valence-electron chi connectivity index (χ1n) is 6.25. The molecule has 0 saturated heterocycles. The number of pyridine rings is 1. The largest absolute Gasteiger partial charge is 0.396 e. The number of hydrogen-bond donors (Lipinski definition) is 1. The van der Waals surface area contributed by atoms with Crippen molar-refractivity contribution in [1.29, 1.82) is 0 Å². The van der Waals surface area contributed by atoms with Crippen molar-refractivity contribution in [2.75, 3.05) is 5.73 Å². The molecule has 1 atom stereocenters. The smallest absolute Gasteiger partial charge is 0.150 e. The monoisotopic (exact) mass is 274 g/mol. The molecule has 0 aliphatic carbocycles. The maximum Gasteiger partial charge on any atom is 0.150 e. The third-order valence-corrected chi connectivity index (χ3v) is 4.33. The predicted molar refractivity (Wildman–Crippen MR) is 79.3 cm³/mol. The van der Waals surface area contributed by atoms with Gasteiger partial charge in [0, 0.05) is 6.20 Å². The van der Waals surface area contributed by atoms with E-state index in [-0.39, 0.29) is 0 Å². The SMILES string of the molecule is CC(C)c1ccc(CS(=O)c2ncccc2N)cc1. The molecule has 0 radical (unpaired) electrons. The Hall–Kier alpha value is -1.68. The van der Waals surface area contributed by atoms with Crippen LogP contribution in [0.2, 0.25) is 0 Å². The van der Waals surface area contributed by atoms with E-state index in [1.165, 1.54) is 5.56 Å². The van der Waals surface area contributed by atoms with Gasteiger partial charge in [0.1, 0.15) is 5.03 Å². The summed E-state index contributed by atoms with van der Waals surface area (Å²) in [7, 11) is -1.20. The van der Waals surface area contributed by atoms with Crippen molar-refractivity contribution in [1.82, 2.24) is 4.98 Å². The minimum atomic E-state index is -1.20. The van der Waals surface area contributed by atoms with Gasteiger partial charge in [-0.15, -0.1) is 0 Å².